The van der Waals surface area contributed by atoms with E-state index in [1.807, 2.05) is 0 Å². The van der Waals surface area contributed by atoms with Crippen LogP contribution in [0.1, 0.15) is 44.9 Å². The van der Waals surface area contributed by atoms with Crippen LogP contribution >= 0.6 is 0 Å². The van der Waals surface area contributed by atoms with Crippen LogP contribution in [-0.4, -0.2) is 53.6 Å². The van der Waals surface area contributed by atoms with Gasteiger partial charge in [0.25, 0.3) is 0 Å². The van der Waals surface area contributed by atoms with Crippen LogP contribution in [0.15, 0.2) is 0 Å². The summed E-state index contributed by atoms with van der Waals surface area (Å²) in [4.78, 5) is 27.4. The molecule has 5 unspecified atom stereocenters. The van der Waals surface area contributed by atoms with Crippen LogP contribution in [0.4, 0.5) is 0 Å². The zero-order valence-corrected chi connectivity index (χ0v) is 15.2. The molecule has 0 radical (unpaired) electrons. The molecule has 7 rings (SSSR count). The fourth-order valence-electron chi connectivity index (χ4n) is 7.92. The Morgan fingerprint density at radius 3 is 2.46 bits per heavy atom. The van der Waals surface area contributed by atoms with Gasteiger partial charge < -0.3 is 20.7 Å². The Hall–Kier alpha value is -1.14. The highest BCUT2D eigenvalue weighted by molar-refractivity contribution is 5.88. The van der Waals surface area contributed by atoms with Gasteiger partial charge in [-0.2, -0.15) is 0 Å². The largest absolute Gasteiger partial charge is 0.372 e. The molecule has 2 amide bonds. The van der Waals surface area contributed by atoms with E-state index in [0.717, 1.165) is 43.4 Å². The summed E-state index contributed by atoms with van der Waals surface area (Å²) in [5.41, 5.74) is 6.15. The fraction of sp³-hybridized carbons (Fsp3) is 0.900. The highest BCUT2D eigenvalue weighted by Crippen LogP contribution is 2.55. The van der Waals surface area contributed by atoms with Crippen molar-refractivity contribution in [3.8, 4) is 0 Å². The number of rotatable bonds is 3. The smallest absolute Gasteiger partial charge is 0.240 e. The number of carbonyl (C=O) groups excluding carboxylic acids is 2. The van der Waals surface area contributed by atoms with Gasteiger partial charge in [-0.15, -0.1) is 0 Å². The maximum atomic E-state index is 12.8. The SMILES string of the molecule is NC1CC2OC1C1CN(CC(=O)NC34CC5CC(CC(C5)C3)C4)C(=O)C21. The lowest BCUT2D eigenvalue weighted by Crippen LogP contribution is -2.61. The Kier molecular flexibility index (Phi) is 3.19. The van der Waals surface area contributed by atoms with Crippen molar-refractivity contribution >= 4 is 11.8 Å². The molecule has 3 heterocycles. The number of nitrogens with one attached hydrogen (secondary N) is 1. The highest BCUT2D eigenvalue weighted by atomic mass is 16.5. The van der Waals surface area contributed by atoms with Crippen LogP contribution in [0.25, 0.3) is 0 Å². The lowest BCUT2D eigenvalue weighted by Gasteiger charge is -2.57. The first-order valence-electron chi connectivity index (χ1n) is 10.5. The molecular weight excluding hydrogens is 330 g/mol. The number of hydrogen-bond acceptors (Lipinski definition) is 4. The summed E-state index contributed by atoms with van der Waals surface area (Å²) < 4.78 is 5.89. The third-order valence-corrected chi connectivity index (χ3v) is 8.35. The van der Waals surface area contributed by atoms with Gasteiger partial charge in [0.05, 0.1) is 24.7 Å². The van der Waals surface area contributed by atoms with Crippen molar-refractivity contribution in [2.24, 2.45) is 35.3 Å². The van der Waals surface area contributed by atoms with Crippen LogP contribution in [0, 0.1) is 29.6 Å². The molecule has 4 aliphatic carbocycles. The second-order valence-electron chi connectivity index (χ2n) is 10.2. The van der Waals surface area contributed by atoms with E-state index in [1.165, 1.54) is 19.3 Å². The molecule has 26 heavy (non-hydrogen) atoms. The molecule has 0 spiro atoms. The molecule has 0 aromatic heterocycles. The van der Waals surface area contributed by atoms with Gasteiger partial charge in [-0.1, -0.05) is 0 Å². The zero-order valence-electron chi connectivity index (χ0n) is 15.2. The molecule has 3 N–H and O–H groups in total. The molecule has 4 saturated carbocycles. The summed E-state index contributed by atoms with van der Waals surface area (Å²) in [6.45, 7) is 0.842. The maximum absolute atomic E-state index is 12.8. The van der Waals surface area contributed by atoms with Crippen molar-refractivity contribution in [2.75, 3.05) is 13.1 Å². The Balaban J connectivity index is 1.13. The first-order chi connectivity index (χ1) is 12.5. The fourth-order valence-corrected chi connectivity index (χ4v) is 7.92. The van der Waals surface area contributed by atoms with Gasteiger partial charge >= 0.3 is 0 Å². The Morgan fingerprint density at radius 1 is 1.15 bits per heavy atom. The Labute approximate surface area is 154 Å². The minimum absolute atomic E-state index is 0.00478. The summed E-state index contributed by atoms with van der Waals surface area (Å²) >= 11 is 0. The first-order valence-corrected chi connectivity index (χ1v) is 10.5. The minimum atomic E-state index is -0.0628. The van der Waals surface area contributed by atoms with Crippen LogP contribution in [0.5, 0.6) is 0 Å². The standard InChI is InChI=1S/C20H29N3O3/c21-14-4-15-17-13(18(14)26-15)8-23(19(17)25)9-16(24)22-20-5-10-1-11(6-20)3-12(2-10)7-20/h10-15,17-18H,1-9,21H2,(H,22,24). The summed E-state index contributed by atoms with van der Waals surface area (Å²) in [7, 11) is 0. The molecular formula is C20H29N3O3. The number of fused-ring (bicyclic) bond motifs is 5. The summed E-state index contributed by atoms with van der Waals surface area (Å²) in [6, 6.07) is 0.0508. The van der Waals surface area contributed by atoms with Gasteiger partial charge in [0.15, 0.2) is 0 Å². The van der Waals surface area contributed by atoms with Gasteiger partial charge in [-0.05, 0) is 62.7 Å². The molecule has 0 aromatic carbocycles. The topological polar surface area (TPSA) is 84.7 Å². The number of carbonyl (C=O) groups is 2. The van der Waals surface area contributed by atoms with Gasteiger partial charge in [0, 0.05) is 24.0 Å². The van der Waals surface area contributed by atoms with Crippen LogP contribution < -0.4 is 11.1 Å². The summed E-state index contributed by atoms with van der Waals surface area (Å²) in [5.74, 6) is 2.69. The molecule has 6 bridgehead atoms. The van der Waals surface area contributed by atoms with E-state index < -0.39 is 0 Å². The molecule has 142 valence electrons. The summed E-state index contributed by atoms with van der Waals surface area (Å²) in [6.07, 6.45) is 8.31. The van der Waals surface area contributed by atoms with E-state index in [-0.39, 0.29) is 54.0 Å². The predicted octanol–water partition coefficient (Wildman–Crippen LogP) is 0.644. The lowest BCUT2D eigenvalue weighted by molar-refractivity contribution is -0.138. The third kappa shape index (κ3) is 2.18. The molecule has 0 aromatic rings. The summed E-state index contributed by atoms with van der Waals surface area (Å²) in [5, 5.41) is 3.40. The molecule has 6 heteroatoms. The molecule has 6 nitrogen and oxygen atoms in total. The molecule has 3 aliphatic heterocycles. The van der Waals surface area contributed by atoms with E-state index >= 15 is 0 Å². The molecule has 7 aliphatic rings. The number of nitrogens with two attached hydrogens (primary N) is 1. The van der Waals surface area contributed by atoms with Crippen molar-refractivity contribution in [3.05, 3.63) is 0 Å². The normalized spacial score (nSPS) is 53.4. The second-order valence-corrected chi connectivity index (χ2v) is 10.2. The van der Waals surface area contributed by atoms with E-state index in [2.05, 4.69) is 5.32 Å². The average Bonchev–Trinajstić information content (AvgIpc) is 3.17. The van der Waals surface area contributed by atoms with Crippen molar-refractivity contribution in [3.63, 3.8) is 0 Å². The maximum Gasteiger partial charge on any atom is 0.240 e. The van der Waals surface area contributed by atoms with Crippen molar-refractivity contribution < 1.29 is 14.3 Å². The Bertz CT molecular complexity index is 629. The number of ether oxygens (including phenoxy) is 1. The van der Waals surface area contributed by atoms with Crippen molar-refractivity contribution in [2.45, 2.75) is 68.7 Å². The average molecular weight is 359 g/mol. The van der Waals surface area contributed by atoms with E-state index in [4.69, 9.17) is 10.5 Å². The van der Waals surface area contributed by atoms with Gasteiger partial charge in [-0.25, -0.2) is 0 Å². The van der Waals surface area contributed by atoms with Crippen molar-refractivity contribution in [1.82, 2.24) is 10.2 Å². The van der Waals surface area contributed by atoms with E-state index in [1.54, 1.807) is 4.90 Å². The molecule has 3 saturated heterocycles. The second kappa shape index (κ2) is 5.22. The molecule has 5 atom stereocenters. The minimum Gasteiger partial charge on any atom is -0.372 e. The zero-order chi connectivity index (χ0) is 17.6. The van der Waals surface area contributed by atoms with Crippen LogP contribution in [0.2, 0.25) is 0 Å². The van der Waals surface area contributed by atoms with Crippen molar-refractivity contribution in [1.29, 1.82) is 0 Å². The lowest BCUT2D eigenvalue weighted by atomic mass is 9.53. The van der Waals surface area contributed by atoms with Crippen LogP contribution in [-0.2, 0) is 14.3 Å². The number of likely N-dealkylation sites (tertiary alicyclic amines) is 1. The molecule has 7 fully saturated rings. The predicted molar refractivity (Wildman–Crippen MR) is 93.9 cm³/mol. The van der Waals surface area contributed by atoms with Crippen LogP contribution in [0.3, 0.4) is 0 Å². The highest BCUT2D eigenvalue weighted by Gasteiger charge is 2.60. The van der Waals surface area contributed by atoms with E-state index in [0.29, 0.717) is 6.54 Å². The number of amides is 2. The quantitative estimate of drug-likeness (QED) is 0.775. The first kappa shape index (κ1) is 15.9. The van der Waals surface area contributed by atoms with Gasteiger partial charge in [0.1, 0.15) is 0 Å². The Morgan fingerprint density at radius 2 is 1.81 bits per heavy atom. The van der Waals surface area contributed by atoms with Gasteiger partial charge in [0.2, 0.25) is 11.8 Å². The number of hydrogen-bond donors (Lipinski definition) is 2. The monoisotopic (exact) mass is 359 g/mol. The third-order valence-electron chi connectivity index (χ3n) is 8.35. The number of nitrogens with zero attached hydrogens (tertiary/aromatic N) is 1. The van der Waals surface area contributed by atoms with E-state index in [9.17, 15) is 9.59 Å². The van der Waals surface area contributed by atoms with Gasteiger partial charge in [-0.3, -0.25) is 9.59 Å².